The number of guanidine groups is 2. The van der Waals surface area contributed by atoms with Crippen molar-refractivity contribution < 1.29 is 4.74 Å². The van der Waals surface area contributed by atoms with E-state index in [1.165, 1.54) is 0 Å². The van der Waals surface area contributed by atoms with Crippen molar-refractivity contribution in [2.45, 2.75) is 25.9 Å². The molecule has 2 atom stereocenters. The summed E-state index contributed by atoms with van der Waals surface area (Å²) in [6.07, 6.45) is 15.8. The summed E-state index contributed by atoms with van der Waals surface area (Å²) in [5, 5.41) is 17.9. The zero-order valence-electron chi connectivity index (χ0n) is 19.5. The fourth-order valence-electron chi connectivity index (χ4n) is 3.88. The van der Waals surface area contributed by atoms with Crippen LogP contribution < -0.4 is 16.0 Å². The third kappa shape index (κ3) is 7.58. The highest BCUT2D eigenvalue weighted by Gasteiger charge is 2.18. The summed E-state index contributed by atoms with van der Waals surface area (Å²) < 4.78 is 5.42. The average Bonchev–Trinajstić information content (AvgIpc) is 3.28. The van der Waals surface area contributed by atoms with E-state index in [4.69, 9.17) is 26.3 Å². The van der Waals surface area contributed by atoms with Gasteiger partial charge in [0.1, 0.15) is 6.17 Å². The van der Waals surface area contributed by atoms with Crippen molar-refractivity contribution in [3.63, 3.8) is 0 Å². The van der Waals surface area contributed by atoms with E-state index in [1.807, 2.05) is 37.3 Å². The zero-order valence-corrected chi connectivity index (χ0v) is 20.3. The molecule has 3 aliphatic rings. The lowest BCUT2D eigenvalue weighted by Crippen LogP contribution is -2.52. The molecule has 182 valence electrons. The van der Waals surface area contributed by atoms with Crippen LogP contribution in [-0.4, -0.2) is 72.6 Å². The van der Waals surface area contributed by atoms with Crippen LogP contribution >= 0.6 is 11.6 Å². The number of anilines is 1. The van der Waals surface area contributed by atoms with E-state index in [2.05, 4.69) is 49.3 Å². The molecule has 4 N–H and O–H groups in total. The number of ether oxygens (including phenoxy) is 1. The number of morpholine rings is 1. The highest BCUT2D eigenvalue weighted by atomic mass is 35.5. The molecule has 1 aliphatic carbocycles. The molecular formula is C24H33ClN8O. The number of nitrogens with one attached hydrogen (secondary N) is 4. The van der Waals surface area contributed by atoms with Gasteiger partial charge in [-0.3, -0.25) is 20.3 Å². The zero-order chi connectivity index (χ0) is 23.6. The van der Waals surface area contributed by atoms with E-state index in [1.54, 1.807) is 0 Å². The minimum atomic E-state index is -0.256. The van der Waals surface area contributed by atoms with Crippen LogP contribution in [0.5, 0.6) is 0 Å². The van der Waals surface area contributed by atoms with E-state index in [-0.39, 0.29) is 12.1 Å². The summed E-state index contributed by atoms with van der Waals surface area (Å²) in [5.74, 6) is 2.22. The minimum Gasteiger partial charge on any atom is -0.379 e. The van der Waals surface area contributed by atoms with E-state index in [0.717, 1.165) is 63.0 Å². The van der Waals surface area contributed by atoms with Crippen LogP contribution in [0.3, 0.4) is 0 Å². The van der Waals surface area contributed by atoms with Crippen molar-refractivity contribution in [3.8, 4) is 0 Å². The molecule has 0 aromatic carbocycles. The van der Waals surface area contributed by atoms with Crippen LogP contribution in [0.1, 0.15) is 25.5 Å². The number of H-pyrrole nitrogens is 1. The van der Waals surface area contributed by atoms with Crippen LogP contribution in [0.25, 0.3) is 6.08 Å². The van der Waals surface area contributed by atoms with E-state index < -0.39 is 0 Å². The average molecular weight is 485 g/mol. The SMILES string of the molecule is C/C=C/c1cc(NC2=NC(C=CC3C=C(Cl)C=CC3)NC(=NCCCN3CCOCC3)N2)n[nH]1. The maximum absolute atomic E-state index is 6.15. The van der Waals surface area contributed by atoms with Crippen molar-refractivity contribution in [1.29, 1.82) is 0 Å². The van der Waals surface area contributed by atoms with Gasteiger partial charge in [-0.25, -0.2) is 4.99 Å². The topological polar surface area (TPSA) is 102 Å². The predicted octanol–water partition coefficient (Wildman–Crippen LogP) is 3.06. The molecule has 10 heteroatoms. The molecule has 3 heterocycles. The molecule has 2 unspecified atom stereocenters. The fourth-order valence-corrected chi connectivity index (χ4v) is 4.13. The highest BCUT2D eigenvalue weighted by molar-refractivity contribution is 6.31. The van der Waals surface area contributed by atoms with Gasteiger partial charge in [0.15, 0.2) is 11.8 Å². The quantitative estimate of drug-likeness (QED) is 0.334. The highest BCUT2D eigenvalue weighted by Crippen LogP contribution is 2.20. The summed E-state index contributed by atoms with van der Waals surface area (Å²) in [4.78, 5) is 11.9. The molecule has 1 saturated heterocycles. The number of halogens is 1. The van der Waals surface area contributed by atoms with E-state index >= 15 is 0 Å². The first kappa shape index (κ1) is 24.3. The lowest BCUT2D eigenvalue weighted by atomic mass is 10.00. The van der Waals surface area contributed by atoms with Gasteiger partial charge in [-0.1, -0.05) is 35.9 Å². The van der Waals surface area contributed by atoms with Crippen LogP contribution in [0.4, 0.5) is 5.82 Å². The molecule has 0 spiro atoms. The molecule has 0 saturated carbocycles. The van der Waals surface area contributed by atoms with Crippen molar-refractivity contribution >= 4 is 35.4 Å². The molecule has 0 bridgehead atoms. The number of aromatic amines is 1. The number of aromatic nitrogens is 2. The summed E-state index contributed by atoms with van der Waals surface area (Å²) in [5.41, 5.74) is 0.919. The second kappa shape index (κ2) is 12.5. The van der Waals surface area contributed by atoms with Crippen LogP contribution in [0.15, 0.2) is 57.5 Å². The maximum atomic E-state index is 6.15. The molecule has 9 nitrogen and oxygen atoms in total. The van der Waals surface area contributed by atoms with Gasteiger partial charge in [0.2, 0.25) is 5.96 Å². The van der Waals surface area contributed by atoms with Crippen LogP contribution in [0, 0.1) is 5.92 Å². The first-order valence-corrected chi connectivity index (χ1v) is 12.2. The van der Waals surface area contributed by atoms with Gasteiger partial charge in [-0.15, -0.1) is 0 Å². The molecule has 1 aromatic heterocycles. The van der Waals surface area contributed by atoms with Crippen molar-refractivity contribution in [2.75, 3.05) is 44.7 Å². The summed E-state index contributed by atoms with van der Waals surface area (Å²) in [6, 6.07) is 1.93. The van der Waals surface area contributed by atoms with E-state index in [0.29, 0.717) is 17.7 Å². The Hall–Kier alpha value is -2.88. The monoisotopic (exact) mass is 484 g/mol. The van der Waals surface area contributed by atoms with Gasteiger partial charge >= 0.3 is 0 Å². The number of nitrogens with zero attached hydrogens (tertiary/aromatic N) is 4. The number of hydrogen-bond acceptors (Lipinski definition) is 6. The number of hydrogen-bond donors (Lipinski definition) is 4. The fraction of sp³-hybridized carbons (Fsp3) is 0.458. The largest absolute Gasteiger partial charge is 0.379 e. The molecule has 1 aromatic rings. The Balaban J connectivity index is 1.40. The second-order valence-electron chi connectivity index (χ2n) is 8.30. The van der Waals surface area contributed by atoms with Crippen LogP contribution in [0.2, 0.25) is 0 Å². The third-order valence-corrected chi connectivity index (χ3v) is 5.84. The number of aliphatic imine (C=N–C) groups is 2. The molecule has 0 amide bonds. The lowest BCUT2D eigenvalue weighted by Gasteiger charge is -2.26. The Bertz CT molecular complexity index is 987. The third-order valence-electron chi connectivity index (χ3n) is 5.59. The molecule has 1 fully saturated rings. The molecular weight excluding hydrogens is 452 g/mol. The normalized spacial score (nSPS) is 24.8. The van der Waals surface area contributed by atoms with Gasteiger partial charge in [0.05, 0.1) is 18.9 Å². The summed E-state index contributed by atoms with van der Waals surface area (Å²) >= 11 is 6.15. The van der Waals surface area contributed by atoms with E-state index in [9.17, 15) is 0 Å². The molecule has 2 aliphatic heterocycles. The Kier molecular flexibility index (Phi) is 8.95. The lowest BCUT2D eigenvalue weighted by molar-refractivity contribution is 0.0377. The van der Waals surface area contributed by atoms with Crippen molar-refractivity contribution in [2.24, 2.45) is 15.9 Å². The number of rotatable bonds is 8. The Morgan fingerprint density at radius 2 is 2.21 bits per heavy atom. The van der Waals surface area contributed by atoms with Gasteiger partial charge < -0.3 is 15.4 Å². The van der Waals surface area contributed by atoms with Gasteiger partial charge in [0.25, 0.3) is 0 Å². The Labute approximate surface area is 205 Å². The second-order valence-corrected chi connectivity index (χ2v) is 8.74. The molecule has 4 rings (SSSR count). The van der Waals surface area contributed by atoms with Crippen molar-refractivity contribution in [3.05, 3.63) is 53.2 Å². The molecule has 0 radical (unpaired) electrons. The first-order valence-electron chi connectivity index (χ1n) is 11.8. The van der Waals surface area contributed by atoms with Gasteiger partial charge in [-0.2, -0.15) is 5.10 Å². The summed E-state index contributed by atoms with van der Waals surface area (Å²) in [6.45, 7) is 7.33. The maximum Gasteiger partial charge on any atom is 0.206 e. The van der Waals surface area contributed by atoms with Gasteiger partial charge in [-0.05, 0) is 38.0 Å². The molecule has 34 heavy (non-hydrogen) atoms. The summed E-state index contributed by atoms with van der Waals surface area (Å²) in [7, 11) is 0. The Morgan fingerprint density at radius 1 is 1.32 bits per heavy atom. The first-order chi connectivity index (χ1) is 16.7. The minimum absolute atomic E-state index is 0.254. The smallest absolute Gasteiger partial charge is 0.206 e. The van der Waals surface area contributed by atoms with Crippen molar-refractivity contribution in [1.82, 2.24) is 25.7 Å². The number of allylic oxidation sites excluding steroid dienone is 6. The van der Waals surface area contributed by atoms with Crippen LogP contribution in [-0.2, 0) is 4.74 Å². The standard InChI is InChI=1S/C24H33ClN8O/c1-2-5-20-17-22(32-31-20)29-24-28-21(9-8-18-6-3-7-19(25)16-18)27-23(30-24)26-10-4-11-33-12-14-34-15-13-33/h2-3,5,7-9,16-18,21H,4,6,10-15H2,1H3,(H4,26,27,28,29,30,31,32)/b5-2+,9-8?. The predicted molar refractivity (Wildman–Crippen MR) is 139 cm³/mol. The van der Waals surface area contributed by atoms with Gasteiger partial charge in [0, 0.05) is 43.2 Å². The Morgan fingerprint density at radius 3 is 3.03 bits per heavy atom.